The summed E-state index contributed by atoms with van der Waals surface area (Å²) in [5, 5.41) is 3.68. The fraction of sp³-hybridized carbons (Fsp3) is 0.417. The predicted molar refractivity (Wildman–Crippen MR) is 81.2 cm³/mol. The highest BCUT2D eigenvalue weighted by molar-refractivity contribution is 7.88. The first-order chi connectivity index (χ1) is 9.71. The highest BCUT2D eigenvalue weighted by Crippen LogP contribution is 2.40. The first-order valence-corrected chi connectivity index (χ1v) is 8.66. The highest BCUT2D eigenvalue weighted by Gasteiger charge is 2.34. The topological polar surface area (TPSA) is 84.5 Å². The second-order valence-corrected chi connectivity index (χ2v) is 7.37. The fourth-order valence-electron chi connectivity index (χ4n) is 2.32. The molecule has 0 aliphatic carbocycles. The average Bonchev–Trinajstić information content (AvgIpc) is 2.34. The summed E-state index contributed by atoms with van der Waals surface area (Å²) in [6.07, 6.45) is 1.24. The van der Waals surface area contributed by atoms with Crippen LogP contribution in [0.2, 0.25) is 10.0 Å². The number of hydrogen-bond acceptors (Lipinski definition) is 5. The van der Waals surface area contributed by atoms with Crippen LogP contribution in [-0.2, 0) is 19.6 Å². The molecule has 0 radical (unpaired) electrons. The molecule has 1 aliphatic rings. The molecule has 2 N–H and O–H groups in total. The lowest BCUT2D eigenvalue weighted by Gasteiger charge is -2.32. The first kappa shape index (κ1) is 16.4. The number of anilines is 1. The molecule has 116 valence electrons. The van der Waals surface area contributed by atoms with E-state index in [-0.39, 0.29) is 6.42 Å². The molecule has 1 aromatic carbocycles. The van der Waals surface area contributed by atoms with Gasteiger partial charge in [0.1, 0.15) is 6.04 Å². The van der Waals surface area contributed by atoms with Crippen LogP contribution in [0.5, 0.6) is 0 Å². The van der Waals surface area contributed by atoms with Crippen LogP contribution in [0.4, 0.5) is 5.69 Å². The lowest BCUT2D eigenvalue weighted by molar-refractivity contribution is -0.141. The smallest absolute Gasteiger partial charge is 0.328 e. The van der Waals surface area contributed by atoms with E-state index >= 15 is 0 Å². The van der Waals surface area contributed by atoms with Gasteiger partial charge in [0.25, 0.3) is 0 Å². The predicted octanol–water partition coefficient (Wildman–Crippen LogP) is 1.94. The fourth-order valence-corrected chi connectivity index (χ4v) is 3.68. The van der Waals surface area contributed by atoms with Crippen LogP contribution in [0.15, 0.2) is 12.1 Å². The number of fused-ring (bicyclic) bond motifs is 1. The summed E-state index contributed by atoms with van der Waals surface area (Å²) < 4.78 is 30.2. The Kier molecular flexibility index (Phi) is 4.67. The van der Waals surface area contributed by atoms with Crippen molar-refractivity contribution in [2.24, 2.45) is 0 Å². The lowest BCUT2D eigenvalue weighted by atomic mass is 9.93. The summed E-state index contributed by atoms with van der Waals surface area (Å²) in [5.41, 5.74) is 1.07. The van der Waals surface area contributed by atoms with Gasteiger partial charge in [0, 0.05) is 21.3 Å². The maximum absolute atomic E-state index is 11.7. The Hall–Kier alpha value is -1.02. The number of carbonyl (C=O) groups excluding carboxylic acids is 1. The number of ether oxygens (including phenoxy) is 1. The lowest BCUT2D eigenvalue weighted by Crippen LogP contribution is -2.41. The van der Waals surface area contributed by atoms with Gasteiger partial charge in [-0.2, -0.15) is 0 Å². The number of nitrogens with one attached hydrogen (secondary N) is 2. The molecule has 1 aromatic rings. The van der Waals surface area contributed by atoms with Gasteiger partial charge in [-0.3, -0.25) is 0 Å². The maximum atomic E-state index is 11.7. The van der Waals surface area contributed by atoms with Crippen molar-refractivity contribution >= 4 is 44.9 Å². The van der Waals surface area contributed by atoms with E-state index < -0.39 is 28.1 Å². The van der Waals surface area contributed by atoms with Crippen molar-refractivity contribution in [1.82, 2.24) is 4.72 Å². The van der Waals surface area contributed by atoms with Crippen LogP contribution in [0.3, 0.4) is 0 Å². The molecule has 1 heterocycles. The Morgan fingerprint density at radius 1 is 1.43 bits per heavy atom. The molecule has 0 saturated carbocycles. The number of hydrogen-bond donors (Lipinski definition) is 2. The monoisotopic (exact) mass is 352 g/mol. The number of halogens is 2. The van der Waals surface area contributed by atoms with Gasteiger partial charge in [0.05, 0.1) is 19.4 Å². The van der Waals surface area contributed by atoms with Crippen LogP contribution in [-0.4, -0.2) is 33.8 Å². The molecule has 2 atom stereocenters. The van der Waals surface area contributed by atoms with Gasteiger partial charge in [-0.05, 0) is 18.6 Å². The second-order valence-electron chi connectivity index (χ2n) is 4.75. The molecule has 9 heteroatoms. The van der Waals surface area contributed by atoms with Gasteiger partial charge in [0.15, 0.2) is 0 Å². The minimum Gasteiger partial charge on any atom is -0.467 e. The Labute approximate surface area is 132 Å². The van der Waals surface area contributed by atoms with E-state index in [1.165, 1.54) is 13.2 Å². The first-order valence-electron chi connectivity index (χ1n) is 6.02. The normalized spacial score (nSPS) is 21.3. The Morgan fingerprint density at radius 3 is 2.67 bits per heavy atom. The summed E-state index contributed by atoms with van der Waals surface area (Å²) in [7, 11) is -2.20. The molecule has 0 amide bonds. The van der Waals surface area contributed by atoms with Gasteiger partial charge >= 0.3 is 5.97 Å². The van der Waals surface area contributed by atoms with Crippen molar-refractivity contribution in [2.45, 2.75) is 18.5 Å². The van der Waals surface area contributed by atoms with Crippen LogP contribution in [0.25, 0.3) is 0 Å². The molecule has 0 unspecified atom stereocenters. The SMILES string of the molecule is COC(=O)[C@@H]1C[C@@H](NS(C)(=O)=O)c2c(Cl)cc(Cl)cc2N1. The molecule has 6 nitrogen and oxygen atoms in total. The van der Waals surface area contributed by atoms with Crippen molar-refractivity contribution in [3.05, 3.63) is 27.7 Å². The second kappa shape index (κ2) is 6.00. The molecular weight excluding hydrogens is 339 g/mol. The third-order valence-corrected chi connectivity index (χ3v) is 4.33. The third kappa shape index (κ3) is 3.79. The molecule has 0 aromatic heterocycles. The van der Waals surface area contributed by atoms with Crippen LogP contribution in [0, 0.1) is 0 Å². The van der Waals surface area contributed by atoms with E-state index in [9.17, 15) is 13.2 Å². The van der Waals surface area contributed by atoms with E-state index in [1.807, 2.05) is 0 Å². The molecule has 0 fully saturated rings. The van der Waals surface area contributed by atoms with E-state index in [0.29, 0.717) is 21.3 Å². The van der Waals surface area contributed by atoms with E-state index in [0.717, 1.165) is 6.26 Å². The van der Waals surface area contributed by atoms with Crippen molar-refractivity contribution < 1.29 is 17.9 Å². The van der Waals surface area contributed by atoms with E-state index in [2.05, 4.69) is 10.0 Å². The number of benzene rings is 1. The molecule has 2 rings (SSSR count). The molecular formula is C12H14Cl2N2O4S. The van der Waals surface area contributed by atoms with E-state index in [1.54, 1.807) is 6.07 Å². The van der Waals surface area contributed by atoms with Crippen LogP contribution < -0.4 is 10.0 Å². The summed E-state index contributed by atoms with van der Waals surface area (Å²) in [5.74, 6) is -0.489. The van der Waals surface area contributed by atoms with Crippen LogP contribution >= 0.6 is 23.2 Å². The number of methoxy groups -OCH3 is 1. The minimum absolute atomic E-state index is 0.189. The average molecular weight is 353 g/mol. The van der Waals surface area contributed by atoms with Crippen molar-refractivity contribution in [3.8, 4) is 0 Å². The molecule has 21 heavy (non-hydrogen) atoms. The zero-order valence-corrected chi connectivity index (χ0v) is 13.6. The number of rotatable bonds is 3. The molecule has 0 spiro atoms. The third-order valence-electron chi connectivity index (χ3n) is 3.09. The minimum atomic E-state index is -3.47. The van der Waals surface area contributed by atoms with Gasteiger partial charge in [-0.15, -0.1) is 0 Å². The number of sulfonamides is 1. The van der Waals surface area contributed by atoms with Gasteiger partial charge in [-0.1, -0.05) is 23.2 Å². The largest absolute Gasteiger partial charge is 0.467 e. The van der Waals surface area contributed by atoms with Crippen LogP contribution in [0.1, 0.15) is 18.0 Å². The quantitative estimate of drug-likeness (QED) is 0.812. The Balaban J connectivity index is 2.48. The van der Waals surface area contributed by atoms with E-state index in [4.69, 9.17) is 27.9 Å². The maximum Gasteiger partial charge on any atom is 0.328 e. The van der Waals surface area contributed by atoms with Gasteiger partial charge in [0.2, 0.25) is 10.0 Å². The van der Waals surface area contributed by atoms with Crippen molar-refractivity contribution in [1.29, 1.82) is 0 Å². The van der Waals surface area contributed by atoms with Crippen molar-refractivity contribution in [2.75, 3.05) is 18.7 Å². The zero-order valence-electron chi connectivity index (χ0n) is 11.3. The van der Waals surface area contributed by atoms with Gasteiger partial charge in [-0.25, -0.2) is 17.9 Å². The Morgan fingerprint density at radius 2 is 2.10 bits per heavy atom. The number of esters is 1. The highest BCUT2D eigenvalue weighted by atomic mass is 35.5. The molecule has 0 saturated heterocycles. The molecule has 0 bridgehead atoms. The standard InChI is InChI=1S/C12H14Cl2N2O4S/c1-20-12(17)10-5-9(16-21(2,18)19)11-7(14)3-6(13)4-8(11)15-10/h3-4,9-10,15-16H,5H2,1-2H3/t9-,10+/m1/s1. The number of carbonyl (C=O) groups is 1. The summed E-state index contributed by atoms with van der Waals surface area (Å²) in [4.78, 5) is 11.7. The van der Waals surface area contributed by atoms with Crippen molar-refractivity contribution in [3.63, 3.8) is 0 Å². The molecule has 1 aliphatic heterocycles. The summed E-state index contributed by atoms with van der Waals surface area (Å²) >= 11 is 12.1. The summed E-state index contributed by atoms with van der Waals surface area (Å²) in [6, 6.07) is 1.80. The summed E-state index contributed by atoms with van der Waals surface area (Å²) in [6.45, 7) is 0. The Bertz CT molecular complexity index is 678. The van der Waals surface area contributed by atoms with Gasteiger partial charge < -0.3 is 10.1 Å². The zero-order chi connectivity index (χ0) is 15.8.